The second kappa shape index (κ2) is 4.12. The molecule has 0 bridgehead atoms. The summed E-state index contributed by atoms with van der Waals surface area (Å²) in [5.41, 5.74) is 2.70. The van der Waals surface area contributed by atoms with Crippen LogP contribution >= 0.6 is 11.6 Å². The lowest BCUT2D eigenvalue weighted by Gasteiger charge is -2.42. The average molecular weight is 292 g/mol. The van der Waals surface area contributed by atoms with Crippen LogP contribution in [0.25, 0.3) is 11.1 Å². The molecule has 1 aliphatic carbocycles. The molecule has 1 saturated carbocycles. The van der Waals surface area contributed by atoms with Gasteiger partial charge in [-0.2, -0.15) is 0 Å². The Balaban J connectivity index is 2.04. The first-order chi connectivity index (χ1) is 9.70. The van der Waals surface area contributed by atoms with Crippen LogP contribution in [0.4, 0.5) is 10.5 Å². The third-order valence-corrected chi connectivity index (χ3v) is 4.65. The van der Waals surface area contributed by atoms with Crippen LogP contribution in [0.1, 0.15) is 37.7 Å². The lowest BCUT2D eigenvalue weighted by atomic mass is 9.74. The van der Waals surface area contributed by atoms with Gasteiger partial charge in [0.1, 0.15) is 5.52 Å². The van der Waals surface area contributed by atoms with Crippen molar-refractivity contribution in [2.75, 3.05) is 5.32 Å². The van der Waals surface area contributed by atoms with Gasteiger partial charge in [-0.1, -0.05) is 30.9 Å². The molecule has 2 aliphatic rings. The first-order valence-electron chi connectivity index (χ1n) is 6.85. The van der Waals surface area contributed by atoms with Crippen molar-refractivity contribution >= 4 is 34.4 Å². The summed E-state index contributed by atoms with van der Waals surface area (Å²) in [5, 5.41) is 6.43. The van der Waals surface area contributed by atoms with E-state index in [0.717, 1.165) is 42.3 Å². The van der Waals surface area contributed by atoms with Crippen molar-refractivity contribution in [3.05, 3.63) is 23.0 Å². The minimum absolute atomic E-state index is 0.194. The van der Waals surface area contributed by atoms with Crippen LogP contribution in [0.3, 0.4) is 0 Å². The molecule has 0 unspecified atom stereocenters. The Morgan fingerprint density at radius 2 is 2.10 bits per heavy atom. The molecular formula is C14H14ClN3O2. The minimum atomic E-state index is -0.376. The highest BCUT2D eigenvalue weighted by Gasteiger charge is 2.43. The van der Waals surface area contributed by atoms with E-state index in [1.165, 1.54) is 12.8 Å². The Morgan fingerprint density at radius 3 is 2.90 bits per heavy atom. The first kappa shape index (κ1) is 12.0. The van der Waals surface area contributed by atoms with E-state index in [0.29, 0.717) is 10.7 Å². The topological polar surface area (TPSA) is 67.2 Å². The molecule has 1 aromatic carbocycles. The number of rotatable bonds is 0. The molecule has 1 fully saturated rings. The summed E-state index contributed by atoms with van der Waals surface area (Å²) in [7, 11) is 0. The van der Waals surface area contributed by atoms with Gasteiger partial charge in [-0.05, 0) is 18.9 Å². The van der Waals surface area contributed by atoms with Gasteiger partial charge in [0.15, 0.2) is 12.0 Å². The van der Waals surface area contributed by atoms with E-state index < -0.39 is 0 Å². The molecule has 2 heterocycles. The number of urea groups is 1. The van der Waals surface area contributed by atoms with E-state index in [4.69, 9.17) is 16.0 Å². The summed E-state index contributed by atoms with van der Waals surface area (Å²) in [5.74, 6) is 0. The number of oxazole rings is 1. The van der Waals surface area contributed by atoms with Crippen LogP contribution in [0.5, 0.6) is 0 Å². The second-order valence-electron chi connectivity index (χ2n) is 5.53. The number of halogens is 1. The highest BCUT2D eigenvalue weighted by molar-refractivity contribution is 6.35. The van der Waals surface area contributed by atoms with Gasteiger partial charge in [-0.3, -0.25) is 0 Å². The van der Waals surface area contributed by atoms with Crippen LogP contribution in [-0.2, 0) is 5.54 Å². The SMILES string of the molecule is O=C1Nc2c(Cl)cc3ncoc3c2C2(CCCCC2)N1. The first-order valence-corrected chi connectivity index (χ1v) is 7.23. The molecule has 2 N–H and O–H groups in total. The zero-order chi connectivity index (χ0) is 13.7. The Labute approximate surface area is 120 Å². The summed E-state index contributed by atoms with van der Waals surface area (Å²) in [6.45, 7) is 0. The van der Waals surface area contributed by atoms with Crippen molar-refractivity contribution in [2.45, 2.75) is 37.6 Å². The van der Waals surface area contributed by atoms with Gasteiger partial charge < -0.3 is 15.1 Å². The van der Waals surface area contributed by atoms with E-state index >= 15 is 0 Å². The fourth-order valence-electron chi connectivity index (χ4n) is 3.50. The maximum atomic E-state index is 12.0. The molecule has 0 radical (unpaired) electrons. The molecule has 4 rings (SSSR count). The van der Waals surface area contributed by atoms with E-state index in [2.05, 4.69) is 15.6 Å². The molecule has 0 saturated heterocycles. The van der Waals surface area contributed by atoms with Crippen molar-refractivity contribution in [3.8, 4) is 0 Å². The number of nitrogens with one attached hydrogen (secondary N) is 2. The fourth-order valence-corrected chi connectivity index (χ4v) is 3.75. The standard InChI is InChI=1S/C14H14ClN3O2/c15-8-6-9-12(20-7-16-9)10-11(8)17-13(19)18-14(10)4-2-1-3-5-14/h6-7H,1-5H2,(H2,17,18,19). The second-order valence-corrected chi connectivity index (χ2v) is 5.94. The van der Waals surface area contributed by atoms with Gasteiger partial charge in [-0.25, -0.2) is 9.78 Å². The van der Waals surface area contributed by atoms with Crippen LogP contribution in [0.15, 0.2) is 16.9 Å². The summed E-state index contributed by atoms with van der Waals surface area (Å²) in [6.07, 6.45) is 6.60. The lowest BCUT2D eigenvalue weighted by molar-refractivity contribution is 0.209. The molecule has 104 valence electrons. The smallest absolute Gasteiger partial charge is 0.319 e. The fraction of sp³-hybridized carbons (Fsp3) is 0.429. The van der Waals surface area contributed by atoms with Gasteiger partial charge in [0.2, 0.25) is 0 Å². The Morgan fingerprint density at radius 1 is 1.30 bits per heavy atom. The number of amides is 2. The van der Waals surface area contributed by atoms with Crippen LogP contribution < -0.4 is 10.6 Å². The van der Waals surface area contributed by atoms with E-state index in [-0.39, 0.29) is 11.6 Å². The number of anilines is 1. The molecule has 2 aromatic rings. The lowest BCUT2D eigenvalue weighted by Crippen LogP contribution is -2.52. The van der Waals surface area contributed by atoms with Gasteiger partial charge >= 0.3 is 6.03 Å². The quantitative estimate of drug-likeness (QED) is 0.776. The predicted molar refractivity (Wildman–Crippen MR) is 75.9 cm³/mol. The van der Waals surface area contributed by atoms with E-state index in [9.17, 15) is 4.79 Å². The van der Waals surface area contributed by atoms with Gasteiger partial charge in [0.25, 0.3) is 0 Å². The normalized spacial score (nSPS) is 20.6. The number of fused-ring (bicyclic) bond motifs is 4. The Kier molecular flexibility index (Phi) is 2.48. The maximum absolute atomic E-state index is 12.0. The Bertz CT molecular complexity index is 704. The van der Waals surface area contributed by atoms with E-state index in [1.54, 1.807) is 6.07 Å². The molecule has 1 aliphatic heterocycles. The predicted octanol–water partition coefficient (Wildman–Crippen LogP) is 3.78. The van der Waals surface area contributed by atoms with Gasteiger partial charge in [0, 0.05) is 5.56 Å². The van der Waals surface area contributed by atoms with Crippen molar-refractivity contribution in [1.82, 2.24) is 10.3 Å². The molecule has 6 heteroatoms. The zero-order valence-electron chi connectivity index (χ0n) is 10.8. The molecule has 1 spiro atoms. The average Bonchev–Trinajstić information content (AvgIpc) is 2.87. The molecule has 0 atom stereocenters. The number of aromatic nitrogens is 1. The molecule has 5 nitrogen and oxygen atoms in total. The van der Waals surface area contributed by atoms with Crippen LogP contribution in [0, 0.1) is 0 Å². The zero-order valence-corrected chi connectivity index (χ0v) is 11.6. The minimum Gasteiger partial charge on any atom is -0.443 e. The summed E-state index contributed by atoms with van der Waals surface area (Å²) in [4.78, 5) is 16.2. The Hall–Kier alpha value is -1.75. The monoisotopic (exact) mass is 291 g/mol. The number of carbonyl (C=O) groups is 1. The van der Waals surface area contributed by atoms with Crippen molar-refractivity contribution in [3.63, 3.8) is 0 Å². The molecule has 1 aromatic heterocycles. The maximum Gasteiger partial charge on any atom is 0.319 e. The highest BCUT2D eigenvalue weighted by atomic mass is 35.5. The third-order valence-electron chi connectivity index (χ3n) is 4.35. The molecule has 2 amide bonds. The number of nitrogens with zero attached hydrogens (tertiary/aromatic N) is 1. The summed E-state index contributed by atoms with van der Waals surface area (Å²) in [6, 6.07) is 1.54. The van der Waals surface area contributed by atoms with Crippen LogP contribution in [0.2, 0.25) is 5.02 Å². The third kappa shape index (κ3) is 1.56. The number of hydrogen-bond donors (Lipinski definition) is 2. The van der Waals surface area contributed by atoms with Crippen LogP contribution in [-0.4, -0.2) is 11.0 Å². The molecule has 20 heavy (non-hydrogen) atoms. The molecular weight excluding hydrogens is 278 g/mol. The van der Waals surface area contributed by atoms with Crippen molar-refractivity contribution in [1.29, 1.82) is 0 Å². The number of carbonyl (C=O) groups excluding carboxylic acids is 1. The van der Waals surface area contributed by atoms with Crippen molar-refractivity contribution < 1.29 is 9.21 Å². The van der Waals surface area contributed by atoms with Gasteiger partial charge in [-0.15, -0.1) is 0 Å². The summed E-state index contributed by atoms with van der Waals surface area (Å²) >= 11 is 6.32. The van der Waals surface area contributed by atoms with Gasteiger partial charge in [0.05, 0.1) is 16.2 Å². The number of benzene rings is 1. The largest absolute Gasteiger partial charge is 0.443 e. The van der Waals surface area contributed by atoms with E-state index in [1.807, 2.05) is 0 Å². The summed E-state index contributed by atoms with van der Waals surface area (Å²) < 4.78 is 5.57. The highest BCUT2D eigenvalue weighted by Crippen LogP contribution is 2.48. The van der Waals surface area contributed by atoms with Crippen molar-refractivity contribution in [2.24, 2.45) is 0 Å². The number of hydrogen-bond acceptors (Lipinski definition) is 3.